The number of quaternary nitrogens is 2. The van der Waals surface area contributed by atoms with Gasteiger partial charge in [0.2, 0.25) is 0 Å². The smallest absolute Gasteiger partial charge is 0.102 e. The van der Waals surface area contributed by atoms with E-state index in [0.717, 1.165) is 13.2 Å². The van der Waals surface area contributed by atoms with Gasteiger partial charge in [0.05, 0.1) is 52.5 Å². The van der Waals surface area contributed by atoms with E-state index in [0.29, 0.717) is 0 Å². The van der Waals surface area contributed by atoms with Crippen LogP contribution in [0.3, 0.4) is 0 Å². The van der Waals surface area contributed by atoms with Crippen molar-refractivity contribution in [2.75, 3.05) is 65.6 Å². The first kappa shape index (κ1) is 24.3. The lowest BCUT2D eigenvalue weighted by Gasteiger charge is -2.41. The quantitative estimate of drug-likeness (QED) is 0.178. The van der Waals surface area contributed by atoms with Crippen molar-refractivity contribution in [1.29, 1.82) is 0 Å². The molecular weight excluding hydrogens is 514 g/mol. The van der Waals surface area contributed by atoms with Crippen LogP contribution >= 0.6 is 0 Å². The number of hydrogen-bond donors (Lipinski definition) is 0. The van der Waals surface area contributed by atoms with Crippen molar-refractivity contribution in [3.63, 3.8) is 0 Å². The van der Waals surface area contributed by atoms with Gasteiger partial charge in [-0.3, -0.25) is 0 Å². The fraction of sp³-hybridized carbons (Fsp3) is 1.00. The highest BCUT2D eigenvalue weighted by molar-refractivity contribution is 4.55. The summed E-state index contributed by atoms with van der Waals surface area (Å²) in [7, 11) is 0. The summed E-state index contributed by atoms with van der Waals surface area (Å²) in [5.41, 5.74) is 0. The lowest BCUT2D eigenvalue weighted by Crippen LogP contribution is -3.00. The Morgan fingerprint density at radius 3 is 1.26 bits per heavy atom. The number of ether oxygens (including phenoxy) is 1. The van der Waals surface area contributed by atoms with Crippen molar-refractivity contribution in [1.82, 2.24) is 0 Å². The average molecular weight is 552 g/mol. The van der Waals surface area contributed by atoms with E-state index in [-0.39, 0.29) is 48.0 Å². The second-order valence-corrected chi connectivity index (χ2v) is 7.39. The standard InChI is InChI=1S/C18H38N2O.2HI/c1-3-19(11-7-5-8-12-19)15-17-21-18-16-20(4-2)13-9-6-10-14-20;;/h3-18H2,1-2H3;2*1H/q+2;;/p-2. The Hall–Kier alpha value is 1.34. The Morgan fingerprint density at radius 1 is 0.609 bits per heavy atom. The van der Waals surface area contributed by atoms with E-state index in [4.69, 9.17) is 4.74 Å². The molecule has 0 radical (unpaired) electrons. The van der Waals surface area contributed by atoms with Gasteiger partial charge in [0.15, 0.2) is 0 Å². The van der Waals surface area contributed by atoms with E-state index in [2.05, 4.69) is 13.8 Å². The highest BCUT2D eigenvalue weighted by atomic mass is 127. The molecule has 0 bridgehead atoms. The minimum atomic E-state index is 0. The number of halogens is 2. The molecule has 0 aromatic rings. The van der Waals surface area contributed by atoms with E-state index in [1.54, 1.807) is 0 Å². The van der Waals surface area contributed by atoms with Crippen molar-refractivity contribution in [3.8, 4) is 0 Å². The first-order valence-electron chi connectivity index (χ1n) is 9.52. The zero-order valence-corrected chi connectivity index (χ0v) is 19.7. The van der Waals surface area contributed by atoms with Gasteiger partial charge < -0.3 is 61.7 Å². The van der Waals surface area contributed by atoms with Crippen molar-refractivity contribution in [2.45, 2.75) is 52.4 Å². The lowest BCUT2D eigenvalue weighted by molar-refractivity contribution is -0.934. The minimum absolute atomic E-state index is 0. The van der Waals surface area contributed by atoms with Crippen LogP contribution in [0, 0.1) is 0 Å². The molecule has 0 aromatic heterocycles. The topological polar surface area (TPSA) is 9.23 Å². The molecule has 0 unspecified atom stereocenters. The van der Waals surface area contributed by atoms with E-state index < -0.39 is 0 Å². The Kier molecular flexibility index (Phi) is 13.4. The second-order valence-electron chi connectivity index (χ2n) is 7.39. The zero-order valence-electron chi connectivity index (χ0n) is 15.4. The fourth-order valence-corrected chi connectivity index (χ4v) is 4.38. The predicted molar refractivity (Wildman–Crippen MR) is 89.3 cm³/mol. The molecule has 3 nitrogen and oxygen atoms in total. The number of rotatable bonds is 8. The van der Waals surface area contributed by atoms with Crippen LogP contribution in [0.25, 0.3) is 0 Å². The molecule has 2 aliphatic rings. The van der Waals surface area contributed by atoms with Gasteiger partial charge in [0.25, 0.3) is 0 Å². The summed E-state index contributed by atoms with van der Waals surface area (Å²) in [6, 6.07) is 0. The lowest BCUT2D eigenvalue weighted by atomic mass is 10.1. The molecular formula is C18H38I2N2O. The minimum Gasteiger partial charge on any atom is -1.00 e. The molecule has 0 spiro atoms. The first-order valence-corrected chi connectivity index (χ1v) is 9.52. The molecule has 0 aromatic carbocycles. The third-order valence-electron chi connectivity index (χ3n) is 6.29. The number of likely N-dealkylation sites (tertiary alicyclic amines) is 2. The van der Waals surface area contributed by atoms with Gasteiger partial charge in [-0.25, -0.2) is 0 Å². The number of likely N-dealkylation sites (N-methyl/N-ethyl adjacent to an activating group) is 2. The third-order valence-corrected chi connectivity index (χ3v) is 6.29. The summed E-state index contributed by atoms with van der Waals surface area (Å²) >= 11 is 0. The van der Waals surface area contributed by atoms with Crippen LogP contribution in [-0.2, 0) is 4.74 Å². The first-order chi connectivity index (χ1) is 10.2. The molecule has 0 amide bonds. The van der Waals surface area contributed by atoms with Crippen LogP contribution in [0.15, 0.2) is 0 Å². The van der Waals surface area contributed by atoms with Crippen molar-refractivity contribution >= 4 is 0 Å². The van der Waals surface area contributed by atoms with E-state index >= 15 is 0 Å². The molecule has 0 N–H and O–H groups in total. The maximum atomic E-state index is 6.06. The fourth-order valence-electron chi connectivity index (χ4n) is 4.38. The molecule has 0 atom stereocenters. The highest BCUT2D eigenvalue weighted by Crippen LogP contribution is 2.19. The predicted octanol–water partition coefficient (Wildman–Crippen LogP) is -2.95. The molecule has 2 rings (SSSR count). The van der Waals surface area contributed by atoms with Crippen molar-refractivity contribution < 1.29 is 61.7 Å². The average Bonchev–Trinajstić information content (AvgIpc) is 2.56. The van der Waals surface area contributed by atoms with Gasteiger partial charge in [-0.05, 0) is 52.4 Å². The molecule has 2 saturated heterocycles. The monoisotopic (exact) mass is 552 g/mol. The molecule has 5 heteroatoms. The summed E-state index contributed by atoms with van der Waals surface area (Å²) in [5.74, 6) is 0. The summed E-state index contributed by atoms with van der Waals surface area (Å²) < 4.78 is 8.69. The van der Waals surface area contributed by atoms with Gasteiger partial charge >= 0.3 is 0 Å². The Labute approximate surface area is 178 Å². The van der Waals surface area contributed by atoms with Gasteiger partial charge in [-0.1, -0.05) is 0 Å². The largest absolute Gasteiger partial charge is 1.00 e. The van der Waals surface area contributed by atoms with Crippen LogP contribution in [-0.4, -0.2) is 74.5 Å². The van der Waals surface area contributed by atoms with Crippen LogP contribution in [0.2, 0.25) is 0 Å². The Bertz CT molecular complexity index is 263. The Balaban J connectivity index is 0.00000242. The SMILES string of the molecule is CC[N+]1(CCOCC[N+]2(CC)CCCCC2)CCCCC1.[I-].[I-]. The van der Waals surface area contributed by atoms with E-state index in [1.165, 1.54) is 99.8 Å². The van der Waals surface area contributed by atoms with E-state index in [9.17, 15) is 0 Å². The number of hydrogen-bond acceptors (Lipinski definition) is 1. The molecule has 2 aliphatic heterocycles. The van der Waals surface area contributed by atoms with Gasteiger partial charge in [0.1, 0.15) is 13.1 Å². The molecule has 0 saturated carbocycles. The third kappa shape index (κ3) is 7.62. The highest BCUT2D eigenvalue weighted by Gasteiger charge is 2.29. The van der Waals surface area contributed by atoms with Crippen LogP contribution in [0.1, 0.15) is 52.4 Å². The molecule has 2 heterocycles. The van der Waals surface area contributed by atoms with Gasteiger partial charge in [0, 0.05) is 0 Å². The van der Waals surface area contributed by atoms with Crippen LogP contribution in [0.5, 0.6) is 0 Å². The second kappa shape index (κ2) is 12.7. The maximum Gasteiger partial charge on any atom is 0.102 e. The van der Waals surface area contributed by atoms with Crippen LogP contribution < -0.4 is 48.0 Å². The summed E-state index contributed by atoms with van der Waals surface area (Å²) in [6.07, 6.45) is 8.56. The number of nitrogens with zero attached hydrogens (tertiary/aromatic N) is 2. The van der Waals surface area contributed by atoms with Crippen molar-refractivity contribution in [2.24, 2.45) is 0 Å². The Morgan fingerprint density at radius 2 is 0.957 bits per heavy atom. The number of piperidine rings is 2. The normalized spacial score (nSPS) is 22.7. The van der Waals surface area contributed by atoms with E-state index in [1.807, 2.05) is 0 Å². The van der Waals surface area contributed by atoms with Crippen LogP contribution in [0.4, 0.5) is 0 Å². The van der Waals surface area contributed by atoms with Gasteiger partial charge in [-0.15, -0.1) is 0 Å². The van der Waals surface area contributed by atoms with Crippen molar-refractivity contribution in [3.05, 3.63) is 0 Å². The molecule has 140 valence electrons. The summed E-state index contributed by atoms with van der Waals surface area (Å²) in [4.78, 5) is 0. The molecule has 23 heavy (non-hydrogen) atoms. The molecule has 2 fully saturated rings. The summed E-state index contributed by atoms with van der Waals surface area (Å²) in [6.45, 7) is 17.2. The van der Waals surface area contributed by atoms with Gasteiger partial charge in [-0.2, -0.15) is 0 Å². The zero-order chi connectivity index (χ0) is 15.0. The summed E-state index contributed by atoms with van der Waals surface area (Å²) in [5, 5.41) is 0. The molecule has 0 aliphatic carbocycles. The maximum absolute atomic E-state index is 6.06.